The zero-order valence-electron chi connectivity index (χ0n) is 5.16. The van der Waals surface area contributed by atoms with Gasteiger partial charge in [-0.2, -0.15) is 13.2 Å². The first-order valence-electron chi connectivity index (χ1n) is 2.50. The van der Waals surface area contributed by atoms with Crippen LogP contribution in [0.2, 0.25) is 0 Å². The van der Waals surface area contributed by atoms with Crippen molar-refractivity contribution in [2.75, 3.05) is 11.5 Å². The van der Waals surface area contributed by atoms with Crippen LogP contribution in [0.3, 0.4) is 0 Å². The van der Waals surface area contributed by atoms with Crippen molar-refractivity contribution in [3.63, 3.8) is 0 Å². The highest BCUT2D eigenvalue weighted by atomic mass is 32.2. The number of alkyl halides is 3. The zero-order valence-corrected chi connectivity index (χ0v) is 5.98. The Morgan fingerprint density at radius 2 is 2.00 bits per heavy atom. The molecule has 0 aliphatic heterocycles. The molecule has 0 aromatic carbocycles. The number of halogens is 3. The molecule has 0 atom stereocenters. The Bertz CT molecular complexity index is 139. The van der Waals surface area contributed by atoms with Gasteiger partial charge < -0.3 is 0 Å². The minimum Gasteiger partial charge on any atom is -0.159 e. The van der Waals surface area contributed by atoms with Crippen LogP contribution in [0.4, 0.5) is 13.2 Å². The normalized spacial score (nSPS) is 10.4. The summed E-state index contributed by atoms with van der Waals surface area (Å²) >= 11 is 1.26. The van der Waals surface area contributed by atoms with Crippen molar-refractivity contribution in [3.05, 3.63) is 6.92 Å². The fraction of sp³-hybridized carbons (Fsp3) is 0.500. The van der Waals surface area contributed by atoms with Gasteiger partial charge in [-0.05, 0) is 12.7 Å². The van der Waals surface area contributed by atoms with E-state index in [9.17, 15) is 13.2 Å². The summed E-state index contributed by atoms with van der Waals surface area (Å²) in [5.74, 6) is 3.88. The number of thioether (sulfide) groups is 1. The smallest absolute Gasteiger partial charge is 0.159 e. The Morgan fingerprint density at radius 1 is 1.40 bits per heavy atom. The largest absolute Gasteiger partial charge is 0.457 e. The molecule has 57 valence electrons. The third kappa shape index (κ3) is 7.70. The highest BCUT2D eigenvalue weighted by Gasteiger charge is 2.22. The van der Waals surface area contributed by atoms with E-state index in [0.29, 0.717) is 5.75 Å². The summed E-state index contributed by atoms with van der Waals surface area (Å²) in [5, 5.41) is 0. The number of hydrogen-bond acceptors (Lipinski definition) is 1. The molecule has 0 fully saturated rings. The molecule has 0 unspecified atom stereocenters. The van der Waals surface area contributed by atoms with E-state index in [1.165, 1.54) is 11.8 Å². The summed E-state index contributed by atoms with van der Waals surface area (Å²) in [5.41, 5.74) is 0. The quantitative estimate of drug-likeness (QED) is 0.448. The van der Waals surface area contributed by atoms with Crippen LogP contribution in [-0.2, 0) is 0 Å². The number of rotatable bonds is 2. The van der Waals surface area contributed by atoms with Gasteiger partial charge in [0.2, 0.25) is 0 Å². The van der Waals surface area contributed by atoms with Gasteiger partial charge in [0.1, 0.15) is 0 Å². The van der Waals surface area contributed by atoms with Crippen molar-refractivity contribution in [2.24, 2.45) is 0 Å². The molecule has 0 aliphatic rings. The lowest BCUT2D eigenvalue weighted by molar-refractivity contribution is -0.0696. The second-order valence-corrected chi connectivity index (χ2v) is 2.46. The van der Waals surface area contributed by atoms with Crippen LogP contribution < -0.4 is 0 Å². The Labute approximate surface area is 62.2 Å². The number of hydrogen-bond donors (Lipinski definition) is 0. The summed E-state index contributed by atoms with van der Waals surface area (Å²) in [4.78, 5) is 0. The van der Waals surface area contributed by atoms with E-state index in [4.69, 9.17) is 0 Å². The first-order valence-corrected chi connectivity index (χ1v) is 3.65. The van der Waals surface area contributed by atoms with Crippen molar-refractivity contribution >= 4 is 11.8 Å². The van der Waals surface area contributed by atoms with Crippen molar-refractivity contribution in [2.45, 2.75) is 6.18 Å². The van der Waals surface area contributed by atoms with Crippen LogP contribution in [0, 0.1) is 18.8 Å². The van der Waals surface area contributed by atoms with Crippen LogP contribution in [0.1, 0.15) is 0 Å². The van der Waals surface area contributed by atoms with Crippen LogP contribution in [0.25, 0.3) is 0 Å². The fourth-order valence-corrected chi connectivity index (χ4v) is 0.578. The standard InChI is InChI=1S/C6H6F3S/c1-2-10-5-3-4-6(7,8)9/h1-2,5H2. The van der Waals surface area contributed by atoms with Gasteiger partial charge in [0.05, 0.1) is 5.75 Å². The van der Waals surface area contributed by atoms with Crippen LogP contribution in [-0.4, -0.2) is 17.7 Å². The second kappa shape index (κ2) is 4.51. The average molecular weight is 167 g/mol. The highest BCUT2D eigenvalue weighted by molar-refractivity contribution is 7.99. The molecule has 4 heteroatoms. The first kappa shape index (κ1) is 9.70. The molecule has 0 rings (SSSR count). The third-order valence-corrected chi connectivity index (χ3v) is 1.19. The van der Waals surface area contributed by atoms with Gasteiger partial charge in [0.25, 0.3) is 0 Å². The van der Waals surface area contributed by atoms with Crippen molar-refractivity contribution in [1.82, 2.24) is 0 Å². The van der Waals surface area contributed by atoms with Crippen molar-refractivity contribution < 1.29 is 13.2 Å². The fourth-order valence-electron chi connectivity index (χ4n) is 0.260. The molecule has 0 spiro atoms. The minimum atomic E-state index is -4.35. The zero-order chi connectivity index (χ0) is 8.04. The van der Waals surface area contributed by atoms with Gasteiger partial charge in [-0.15, -0.1) is 11.8 Å². The highest BCUT2D eigenvalue weighted by Crippen LogP contribution is 2.11. The lowest BCUT2D eigenvalue weighted by atomic mass is 10.6. The third-order valence-electron chi connectivity index (χ3n) is 0.549. The lowest BCUT2D eigenvalue weighted by Gasteiger charge is -1.91. The van der Waals surface area contributed by atoms with E-state index in [-0.39, 0.29) is 5.75 Å². The predicted octanol–water partition coefficient (Wildman–Crippen LogP) is 2.12. The van der Waals surface area contributed by atoms with Gasteiger partial charge in [0.15, 0.2) is 0 Å². The Morgan fingerprint density at radius 3 is 2.40 bits per heavy atom. The molecule has 1 radical (unpaired) electrons. The van der Waals surface area contributed by atoms with Crippen molar-refractivity contribution in [1.29, 1.82) is 0 Å². The maximum atomic E-state index is 11.3. The van der Waals surface area contributed by atoms with E-state index in [1.807, 2.05) is 5.92 Å². The molecule has 0 nitrogen and oxygen atoms in total. The molecule has 0 N–H and O–H groups in total. The summed E-state index contributed by atoms with van der Waals surface area (Å²) in [7, 11) is 0. The molecule has 0 aromatic rings. The first-order chi connectivity index (χ1) is 4.56. The van der Waals surface area contributed by atoms with E-state index in [2.05, 4.69) is 6.92 Å². The molecule has 0 aliphatic carbocycles. The molecule has 0 saturated carbocycles. The molecule has 10 heavy (non-hydrogen) atoms. The van der Waals surface area contributed by atoms with Crippen molar-refractivity contribution in [3.8, 4) is 11.8 Å². The average Bonchev–Trinajstić information content (AvgIpc) is 1.78. The maximum absolute atomic E-state index is 11.3. The monoisotopic (exact) mass is 167 g/mol. The van der Waals surface area contributed by atoms with Crippen LogP contribution in [0.5, 0.6) is 0 Å². The Balaban J connectivity index is 3.50. The SMILES string of the molecule is [CH2]CSCC#CC(F)(F)F. The summed E-state index contributed by atoms with van der Waals surface area (Å²) in [6.07, 6.45) is -4.35. The van der Waals surface area contributed by atoms with Crippen LogP contribution in [0.15, 0.2) is 0 Å². The van der Waals surface area contributed by atoms with Gasteiger partial charge in [0, 0.05) is 5.92 Å². The molecule has 0 bridgehead atoms. The van der Waals surface area contributed by atoms with E-state index in [1.54, 1.807) is 0 Å². The van der Waals surface area contributed by atoms with Gasteiger partial charge in [-0.25, -0.2) is 0 Å². The predicted molar refractivity (Wildman–Crippen MR) is 36.5 cm³/mol. The minimum absolute atomic E-state index is 0.197. The van der Waals surface area contributed by atoms with Crippen LogP contribution >= 0.6 is 11.8 Å². The molecule has 0 heterocycles. The van der Waals surface area contributed by atoms with Gasteiger partial charge >= 0.3 is 6.18 Å². The summed E-state index contributed by atoms with van der Waals surface area (Å²) < 4.78 is 33.9. The van der Waals surface area contributed by atoms with E-state index in [0.717, 1.165) is 5.92 Å². The lowest BCUT2D eigenvalue weighted by Crippen LogP contribution is -2.01. The Hall–Kier alpha value is -0.300. The topological polar surface area (TPSA) is 0 Å². The molecule has 0 saturated heterocycles. The van der Waals surface area contributed by atoms with Gasteiger partial charge in [-0.3, -0.25) is 0 Å². The Kier molecular flexibility index (Phi) is 4.37. The molecule has 0 aromatic heterocycles. The summed E-state index contributed by atoms with van der Waals surface area (Å²) in [6.45, 7) is 3.43. The maximum Gasteiger partial charge on any atom is 0.457 e. The molecular formula is C6H6F3S. The van der Waals surface area contributed by atoms with E-state index >= 15 is 0 Å². The summed E-state index contributed by atoms with van der Waals surface area (Å²) in [6, 6.07) is 0. The van der Waals surface area contributed by atoms with E-state index < -0.39 is 6.18 Å². The second-order valence-electron chi connectivity index (χ2n) is 1.35. The molecule has 0 amide bonds. The molecular weight excluding hydrogens is 161 g/mol. The van der Waals surface area contributed by atoms with Gasteiger partial charge in [-0.1, -0.05) is 5.92 Å².